The number of amides is 3. The van der Waals surface area contributed by atoms with Crippen molar-refractivity contribution in [2.75, 3.05) is 23.8 Å². The molecule has 1 aliphatic rings. The maximum Gasteiger partial charge on any atom is 0.412 e. The minimum Gasteiger partial charge on any atom is -0.444 e. The zero-order valence-electron chi connectivity index (χ0n) is 15.3. The van der Waals surface area contributed by atoms with Crippen molar-refractivity contribution in [1.29, 1.82) is 0 Å². The molecule has 0 saturated heterocycles. The SMILES string of the molecule is Cc1cc(NC2=CC(=O)N(CCO)C2=O)ccc1NC(=O)OC(C)(C)C. The number of hydrogen-bond acceptors (Lipinski definition) is 6. The molecule has 1 aromatic rings. The summed E-state index contributed by atoms with van der Waals surface area (Å²) in [7, 11) is 0. The van der Waals surface area contributed by atoms with Gasteiger partial charge in [-0.2, -0.15) is 0 Å². The number of nitrogens with zero attached hydrogens (tertiary/aromatic N) is 1. The first-order valence-electron chi connectivity index (χ1n) is 8.17. The second kappa shape index (κ2) is 7.57. The van der Waals surface area contributed by atoms with E-state index in [0.717, 1.165) is 10.5 Å². The van der Waals surface area contributed by atoms with Crippen LogP contribution in [-0.4, -0.2) is 46.7 Å². The molecule has 2 rings (SSSR count). The summed E-state index contributed by atoms with van der Waals surface area (Å²) in [5.41, 5.74) is 1.47. The van der Waals surface area contributed by atoms with Crippen LogP contribution >= 0.6 is 0 Å². The summed E-state index contributed by atoms with van der Waals surface area (Å²) >= 11 is 0. The van der Waals surface area contributed by atoms with Gasteiger partial charge in [-0.1, -0.05) is 0 Å². The van der Waals surface area contributed by atoms with Crippen molar-refractivity contribution in [3.05, 3.63) is 35.5 Å². The lowest BCUT2D eigenvalue weighted by molar-refractivity contribution is -0.137. The van der Waals surface area contributed by atoms with Crippen molar-refractivity contribution in [2.24, 2.45) is 0 Å². The summed E-state index contributed by atoms with van der Waals surface area (Å²) in [6, 6.07) is 5.09. The number of aliphatic hydroxyl groups excluding tert-OH is 1. The number of imide groups is 1. The smallest absolute Gasteiger partial charge is 0.412 e. The monoisotopic (exact) mass is 361 g/mol. The number of hydrogen-bond donors (Lipinski definition) is 3. The van der Waals surface area contributed by atoms with E-state index in [9.17, 15) is 14.4 Å². The van der Waals surface area contributed by atoms with Crippen molar-refractivity contribution in [3.63, 3.8) is 0 Å². The molecule has 0 aliphatic carbocycles. The Morgan fingerprint density at radius 2 is 1.96 bits per heavy atom. The number of nitrogens with one attached hydrogen (secondary N) is 2. The average molecular weight is 361 g/mol. The van der Waals surface area contributed by atoms with Gasteiger partial charge in [-0.3, -0.25) is 19.8 Å². The Morgan fingerprint density at radius 3 is 2.54 bits per heavy atom. The van der Waals surface area contributed by atoms with Gasteiger partial charge in [0.1, 0.15) is 11.3 Å². The van der Waals surface area contributed by atoms with Gasteiger partial charge >= 0.3 is 6.09 Å². The van der Waals surface area contributed by atoms with Gasteiger partial charge in [0.2, 0.25) is 0 Å². The van der Waals surface area contributed by atoms with Crippen molar-refractivity contribution in [3.8, 4) is 0 Å². The van der Waals surface area contributed by atoms with Crippen molar-refractivity contribution >= 4 is 29.3 Å². The first-order valence-corrected chi connectivity index (χ1v) is 8.17. The summed E-state index contributed by atoms with van der Waals surface area (Å²) in [6.07, 6.45) is 0.639. The standard InChI is InChI=1S/C18H23N3O5/c1-11-9-12(5-6-13(11)20-17(25)26-18(2,3)4)19-14-10-15(23)21(7-8-22)16(14)24/h5-6,9-10,19,22H,7-8H2,1-4H3,(H,20,25). The van der Waals surface area contributed by atoms with Gasteiger partial charge in [-0.25, -0.2) is 4.79 Å². The number of β-amino-alcohol motifs (C(OH)–C–C–N with tert-alkyl or cyclic N) is 1. The van der Waals surface area contributed by atoms with E-state index < -0.39 is 23.5 Å². The molecule has 8 heteroatoms. The zero-order valence-corrected chi connectivity index (χ0v) is 15.3. The largest absolute Gasteiger partial charge is 0.444 e. The van der Waals surface area contributed by atoms with Crippen LogP contribution in [0, 0.1) is 6.92 Å². The fraction of sp³-hybridized carbons (Fsp3) is 0.389. The van der Waals surface area contributed by atoms with Crippen molar-refractivity contribution in [2.45, 2.75) is 33.3 Å². The molecule has 140 valence electrons. The fourth-order valence-electron chi connectivity index (χ4n) is 2.36. The van der Waals surface area contributed by atoms with Gasteiger partial charge < -0.3 is 15.2 Å². The minimum absolute atomic E-state index is 0.0445. The van der Waals surface area contributed by atoms with E-state index in [1.54, 1.807) is 45.9 Å². The predicted octanol–water partition coefficient (Wildman–Crippen LogP) is 2.00. The third kappa shape index (κ3) is 4.82. The van der Waals surface area contributed by atoms with Gasteiger partial charge in [-0.15, -0.1) is 0 Å². The number of carbonyl (C=O) groups is 3. The van der Waals surface area contributed by atoms with Crippen molar-refractivity contribution < 1.29 is 24.2 Å². The molecular formula is C18H23N3O5. The lowest BCUT2D eigenvalue weighted by atomic mass is 10.1. The first-order chi connectivity index (χ1) is 12.1. The van der Waals surface area contributed by atoms with Crippen LogP contribution in [0.25, 0.3) is 0 Å². The summed E-state index contributed by atoms with van der Waals surface area (Å²) in [5.74, 6) is -0.954. The van der Waals surface area contributed by atoms with E-state index in [-0.39, 0.29) is 18.8 Å². The topological polar surface area (TPSA) is 108 Å². The third-order valence-electron chi connectivity index (χ3n) is 3.47. The van der Waals surface area contributed by atoms with Crippen LogP contribution in [0.15, 0.2) is 30.0 Å². The fourth-order valence-corrected chi connectivity index (χ4v) is 2.36. The Morgan fingerprint density at radius 1 is 1.27 bits per heavy atom. The van der Waals surface area contributed by atoms with Crippen LogP contribution in [-0.2, 0) is 14.3 Å². The molecule has 26 heavy (non-hydrogen) atoms. The predicted molar refractivity (Wildman–Crippen MR) is 96.5 cm³/mol. The zero-order chi connectivity index (χ0) is 19.5. The first kappa shape index (κ1) is 19.5. The number of aliphatic hydroxyl groups is 1. The van der Waals surface area contributed by atoms with Crippen LogP contribution in [0.3, 0.4) is 0 Å². The molecular weight excluding hydrogens is 338 g/mol. The van der Waals surface area contributed by atoms with Crippen LogP contribution in [0.4, 0.5) is 16.2 Å². The van der Waals surface area contributed by atoms with E-state index in [4.69, 9.17) is 9.84 Å². The Balaban J connectivity index is 2.06. The van der Waals surface area contributed by atoms with E-state index in [0.29, 0.717) is 11.4 Å². The highest BCUT2D eigenvalue weighted by Gasteiger charge is 2.30. The van der Waals surface area contributed by atoms with Gasteiger partial charge in [0.25, 0.3) is 11.8 Å². The Labute approximate surface area is 151 Å². The van der Waals surface area contributed by atoms with Crippen LogP contribution in [0.1, 0.15) is 26.3 Å². The second-order valence-corrected chi connectivity index (χ2v) is 6.86. The molecule has 3 amide bonds. The number of anilines is 2. The number of rotatable bonds is 5. The van der Waals surface area contributed by atoms with E-state index in [1.807, 2.05) is 0 Å². The quantitative estimate of drug-likeness (QED) is 0.692. The molecule has 1 heterocycles. The van der Waals surface area contributed by atoms with E-state index >= 15 is 0 Å². The molecule has 0 fully saturated rings. The second-order valence-electron chi connectivity index (χ2n) is 6.86. The molecule has 1 aliphatic heterocycles. The molecule has 0 bridgehead atoms. The minimum atomic E-state index is -0.595. The lowest BCUT2D eigenvalue weighted by Gasteiger charge is -2.20. The number of aryl methyl sites for hydroxylation is 1. The molecule has 3 N–H and O–H groups in total. The molecule has 0 aromatic heterocycles. The number of carbonyl (C=O) groups excluding carboxylic acids is 3. The summed E-state index contributed by atoms with van der Waals surface area (Å²) in [6.45, 7) is 6.80. The van der Waals surface area contributed by atoms with E-state index in [2.05, 4.69) is 10.6 Å². The summed E-state index contributed by atoms with van der Waals surface area (Å²) in [5, 5.41) is 14.5. The molecule has 0 saturated carbocycles. The molecule has 0 spiro atoms. The Hall–Kier alpha value is -2.87. The highest BCUT2D eigenvalue weighted by Crippen LogP contribution is 2.23. The average Bonchev–Trinajstić information content (AvgIpc) is 2.76. The number of benzene rings is 1. The molecule has 0 atom stereocenters. The van der Waals surface area contributed by atoms with Gasteiger partial charge in [0.15, 0.2) is 0 Å². The lowest BCUT2D eigenvalue weighted by Crippen LogP contribution is -2.34. The van der Waals surface area contributed by atoms with Gasteiger partial charge in [0, 0.05) is 17.5 Å². The normalized spacial score (nSPS) is 14.3. The van der Waals surface area contributed by atoms with E-state index in [1.165, 1.54) is 6.08 Å². The highest BCUT2D eigenvalue weighted by molar-refractivity contribution is 6.17. The number of ether oxygens (including phenoxy) is 1. The van der Waals surface area contributed by atoms with Crippen LogP contribution in [0.5, 0.6) is 0 Å². The maximum atomic E-state index is 12.1. The molecule has 8 nitrogen and oxygen atoms in total. The van der Waals surface area contributed by atoms with Crippen molar-refractivity contribution in [1.82, 2.24) is 4.90 Å². The summed E-state index contributed by atoms with van der Waals surface area (Å²) < 4.78 is 5.21. The Bertz CT molecular complexity index is 765. The molecule has 0 unspecified atom stereocenters. The van der Waals surface area contributed by atoms with Gasteiger partial charge in [-0.05, 0) is 51.5 Å². The summed E-state index contributed by atoms with van der Waals surface area (Å²) in [4.78, 5) is 36.7. The maximum absolute atomic E-state index is 12.1. The van der Waals surface area contributed by atoms with Gasteiger partial charge in [0.05, 0.1) is 13.2 Å². The van der Waals surface area contributed by atoms with Crippen LogP contribution < -0.4 is 10.6 Å². The molecule has 0 radical (unpaired) electrons. The molecule has 1 aromatic carbocycles. The van der Waals surface area contributed by atoms with Crippen LogP contribution in [0.2, 0.25) is 0 Å². The highest BCUT2D eigenvalue weighted by atomic mass is 16.6. The third-order valence-corrected chi connectivity index (χ3v) is 3.47. The Kier molecular flexibility index (Phi) is 5.66.